The molecule has 2 aromatic carbocycles. The third-order valence-corrected chi connectivity index (χ3v) is 12.9. The highest BCUT2D eigenvalue weighted by molar-refractivity contribution is 8.76. The van der Waals surface area contributed by atoms with Crippen molar-refractivity contribution in [1.82, 2.24) is 0 Å². The highest BCUT2D eigenvalue weighted by Gasteiger charge is 2.28. The molecule has 0 aromatic heterocycles. The van der Waals surface area contributed by atoms with Crippen LogP contribution in [0.25, 0.3) is 0 Å². The van der Waals surface area contributed by atoms with E-state index < -0.39 is 5.97 Å². The minimum absolute atomic E-state index is 0.0708. The topological polar surface area (TPSA) is 83.5 Å². The Kier molecular flexibility index (Phi) is 16.4. The van der Waals surface area contributed by atoms with E-state index in [4.69, 9.17) is 5.73 Å². The number of aliphatic hydroxyl groups excluding tert-OH is 1. The van der Waals surface area contributed by atoms with Crippen LogP contribution in [0.1, 0.15) is 106 Å². The average Bonchev–Trinajstić information content (AvgIpc) is 3.05. The van der Waals surface area contributed by atoms with Gasteiger partial charge in [-0.25, -0.2) is 0 Å². The lowest BCUT2D eigenvalue weighted by Gasteiger charge is -2.31. The number of hydrogen-bond donors (Lipinski definition) is 3. The number of benzene rings is 2. The van der Waals surface area contributed by atoms with Crippen LogP contribution in [-0.4, -0.2) is 28.5 Å². The lowest BCUT2D eigenvalue weighted by atomic mass is 9.75. The van der Waals surface area contributed by atoms with Crippen LogP contribution in [-0.2, 0) is 30.0 Å². The summed E-state index contributed by atoms with van der Waals surface area (Å²) in [5, 5.41) is 19.7. The average molecular weight is 652 g/mol. The van der Waals surface area contributed by atoms with E-state index in [9.17, 15) is 15.0 Å². The van der Waals surface area contributed by atoms with Gasteiger partial charge in [-0.3, -0.25) is 4.79 Å². The summed E-state index contributed by atoms with van der Waals surface area (Å²) < 4.78 is 0. The number of fused-ring (bicyclic) bond motifs is 1. The molecule has 1 heterocycles. The second-order valence-electron chi connectivity index (χ2n) is 13.6. The summed E-state index contributed by atoms with van der Waals surface area (Å²) in [6.07, 6.45) is 21.6. The van der Waals surface area contributed by atoms with Gasteiger partial charge in [-0.15, -0.1) is 0 Å². The van der Waals surface area contributed by atoms with Gasteiger partial charge in [0.2, 0.25) is 0 Å². The van der Waals surface area contributed by atoms with Crippen LogP contribution in [0.5, 0.6) is 0 Å². The minimum atomic E-state index is -0.692. The molecule has 0 spiro atoms. The molecule has 0 bridgehead atoms. The first-order valence-corrected chi connectivity index (χ1v) is 20.1. The molecule has 1 saturated carbocycles. The minimum Gasteiger partial charge on any atom is -0.481 e. The Labute approximate surface area is 280 Å². The second-order valence-corrected chi connectivity index (χ2v) is 16.1. The fourth-order valence-corrected chi connectivity index (χ4v) is 10.4. The van der Waals surface area contributed by atoms with E-state index in [0.29, 0.717) is 24.3 Å². The monoisotopic (exact) mass is 651 g/mol. The molecule has 2 aliphatic rings. The molecular weight excluding hydrogens is 595 g/mol. The van der Waals surface area contributed by atoms with Crippen LogP contribution in [0, 0.1) is 29.6 Å². The van der Waals surface area contributed by atoms with Crippen LogP contribution >= 0.6 is 21.6 Å². The van der Waals surface area contributed by atoms with Crippen molar-refractivity contribution in [2.24, 2.45) is 35.3 Å². The maximum atomic E-state index is 12.1. The van der Waals surface area contributed by atoms with E-state index >= 15 is 0 Å². The van der Waals surface area contributed by atoms with Crippen LogP contribution in [0.3, 0.4) is 0 Å². The molecule has 4 rings (SSSR count). The summed E-state index contributed by atoms with van der Waals surface area (Å²) in [7, 11) is 3.97. The van der Waals surface area contributed by atoms with Crippen LogP contribution in [0.4, 0.5) is 0 Å². The van der Waals surface area contributed by atoms with Gasteiger partial charge in [0.15, 0.2) is 0 Å². The van der Waals surface area contributed by atoms with Gasteiger partial charge >= 0.3 is 5.97 Å². The summed E-state index contributed by atoms with van der Waals surface area (Å²) >= 11 is 0. The Morgan fingerprint density at radius 1 is 0.822 bits per heavy atom. The lowest BCUT2D eigenvalue weighted by Crippen LogP contribution is -2.25. The molecule has 4 atom stereocenters. The second kappa shape index (κ2) is 20.5. The number of rotatable bonds is 12. The summed E-state index contributed by atoms with van der Waals surface area (Å²) in [6.45, 7) is 0.675. The van der Waals surface area contributed by atoms with Gasteiger partial charge in [0.25, 0.3) is 0 Å². The molecular formula is C39H57NO3S2. The van der Waals surface area contributed by atoms with E-state index in [0.717, 1.165) is 67.9 Å². The first-order chi connectivity index (χ1) is 22.1. The van der Waals surface area contributed by atoms with Crippen molar-refractivity contribution < 1.29 is 15.0 Å². The maximum absolute atomic E-state index is 12.1. The zero-order valence-corrected chi connectivity index (χ0v) is 28.9. The molecule has 0 unspecified atom stereocenters. The molecule has 45 heavy (non-hydrogen) atoms. The Morgan fingerprint density at radius 3 is 2.38 bits per heavy atom. The predicted octanol–water partition coefficient (Wildman–Crippen LogP) is 9.62. The Balaban J connectivity index is 1.56. The number of aryl methyl sites for hydroxylation is 1. The zero-order valence-electron chi connectivity index (χ0n) is 27.3. The van der Waals surface area contributed by atoms with Gasteiger partial charge in [0.05, 0.1) is 6.61 Å². The van der Waals surface area contributed by atoms with Gasteiger partial charge in [-0.2, -0.15) is 0 Å². The Hall–Kier alpha value is -1.73. The molecule has 0 radical (unpaired) electrons. The van der Waals surface area contributed by atoms with E-state index in [1.165, 1.54) is 61.6 Å². The molecule has 248 valence electrons. The number of carbonyl (C=O) groups is 1. The van der Waals surface area contributed by atoms with Crippen molar-refractivity contribution in [3.63, 3.8) is 0 Å². The van der Waals surface area contributed by atoms with Crippen molar-refractivity contribution in [3.8, 4) is 0 Å². The molecule has 0 saturated heterocycles. The van der Waals surface area contributed by atoms with Crippen molar-refractivity contribution in [1.29, 1.82) is 0 Å². The Bertz CT molecular complexity index is 1160. The predicted molar refractivity (Wildman–Crippen MR) is 193 cm³/mol. The largest absolute Gasteiger partial charge is 0.481 e. The molecule has 6 heteroatoms. The summed E-state index contributed by atoms with van der Waals surface area (Å²) in [5.74, 6) is 3.73. The quantitative estimate of drug-likeness (QED) is 0.157. The van der Waals surface area contributed by atoms with Crippen molar-refractivity contribution in [2.45, 2.75) is 109 Å². The van der Waals surface area contributed by atoms with Crippen molar-refractivity contribution >= 4 is 27.6 Å². The van der Waals surface area contributed by atoms with Gasteiger partial charge < -0.3 is 15.9 Å². The lowest BCUT2D eigenvalue weighted by molar-refractivity contribution is -0.138. The SMILES string of the molecule is NCC[C@@H]1CC[C@@H](CC=CCCC2CCCCC2)[C@H](Cc2cccc(CO)c2)CSSCc2ccccc2CC[C@@H]1CC(=O)O. The fourth-order valence-electron chi connectivity index (χ4n) is 7.77. The smallest absolute Gasteiger partial charge is 0.303 e. The highest BCUT2D eigenvalue weighted by atomic mass is 33.1. The summed E-state index contributed by atoms with van der Waals surface area (Å²) in [4.78, 5) is 12.1. The first kappa shape index (κ1) is 36.1. The molecule has 1 aliphatic heterocycles. The van der Waals surface area contributed by atoms with Gasteiger partial charge in [0.1, 0.15) is 0 Å². The highest BCUT2D eigenvalue weighted by Crippen LogP contribution is 2.39. The van der Waals surface area contributed by atoms with E-state index in [2.05, 4.69) is 54.6 Å². The fraction of sp³-hybridized carbons (Fsp3) is 0.615. The zero-order chi connectivity index (χ0) is 31.7. The third-order valence-electron chi connectivity index (χ3n) is 10.4. The summed E-state index contributed by atoms with van der Waals surface area (Å²) in [6, 6.07) is 17.2. The number of aliphatic carboxylic acids is 1. The van der Waals surface area contributed by atoms with Gasteiger partial charge in [-0.05, 0) is 116 Å². The van der Waals surface area contributed by atoms with Gasteiger partial charge in [0, 0.05) is 17.9 Å². The maximum Gasteiger partial charge on any atom is 0.303 e. The number of hydrogen-bond acceptors (Lipinski definition) is 5. The number of nitrogens with two attached hydrogens (primary N) is 1. The van der Waals surface area contributed by atoms with E-state index in [1.54, 1.807) is 0 Å². The molecule has 1 fully saturated rings. The third kappa shape index (κ3) is 12.8. The van der Waals surface area contributed by atoms with Crippen LogP contribution < -0.4 is 5.73 Å². The number of carboxylic acids is 1. The Morgan fingerprint density at radius 2 is 1.60 bits per heavy atom. The van der Waals surface area contributed by atoms with Crippen LogP contribution in [0.15, 0.2) is 60.7 Å². The molecule has 2 aromatic rings. The van der Waals surface area contributed by atoms with Crippen molar-refractivity contribution in [2.75, 3.05) is 12.3 Å². The summed E-state index contributed by atoms with van der Waals surface area (Å²) in [5.41, 5.74) is 11.2. The van der Waals surface area contributed by atoms with Crippen LogP contribution in [0.2, 0.25) is 0 Å². The van der Waals surface area contributed by atoms with E-state index in [-0.39, 0.29) is 18.9 Å². The molecule has 1 aliphatic carbocycles. The van der Waals surface area contributed by atoms with Crippen molar-refractivity contribution in [3.05, 3.63) is 82.9 Å². The molecule has 4 N–H and O–H groups in total. The number of carboxylic acid groups (broad SMARTS) is 1. The molecule has 4 nitrogen and oxygen atoms in total. The standard InChI is InChI=1S/C39H57NO3S2/c40-23-22-35-19-18-34(15-6-2-5-12-30-10-3-1-4-11-30)38(25-31-13-9-14-32(24-31)27-41)29-45-44-28-37-17-8-7-16-33(37)20-21-36(35)26-39(42)43/h2,6-9,13-14,16-17,24,30,34-36,38,41H,1,3-5,10-12,15,18-23,25-29,40H2,(H,42,43)/t34-,35+,36-,38-/m1/s1. The molecule has 0 amide bonds. The number of allylic oxidation sites excluding steroid dienone is 2. The normalized spacial score (nSPS) is 24.2. The number of aliphatic hydroxyl groups is 1. The first-order valence-electron chi connectivity index (χ1n) is 17.6. The van der Waals surface area contributed by atoms with E-state index in [1.807, 2.05) is 27.7 Å². The van der Waals surface area contributed by atoms with Gasteiger partial charge in [-0.1, -0.05) is 114 Å².